The van der Waals surface area contributed by atoms with Gasteiger partial charge in [-0.2, -0.15) is 0 Å². The molecular weight excluding hydrogens is 250 g/mol. The molecule has 0 aliphatic heterocycles. The summed E-state index contributed by atoms with van der Waals surface area (Å²) in [6, 6.07) is 18.1. The molecule has 0 fully saturated rings. The molecule has 2 N–H and O–H groups in total. The van der Waals surface area contributed by atoms with Crippen molar-refractivity contribution in [3.63, 3.8) is 0 Å². The summed E-state index contributed by atoms with van der Waals surface area (Å²) in [5.41, 5.74) is 8.43. The zero-order valence-electron chi connectivity index (χ0n) is 11.8. The maximum Gasteiger partial charge on any atom is 0.119 e. The molecule has 0 radical (unpaired) electrons. The van der Waals surface area contributed by atoms with Crippen LogP contribution in [-0.4, -0.2) is 19.8 Å². The summed E-state index contributed by atoms with van der Waals surface area (Å²) in [6.45, 7) is 1.15. The number of rotatable bonds is 7. The van der Waals surface area contributed by atoms with Gasteiger partial charge in [0.05, 0.1) is 20.3 Å². The molecule has 0 spiro atoms. The van der Waals surface area contributed by atoms with Crippen LogP contribution in [0.25, 0.3) is 0 Å². The van der Waals surface area contributed by atoms with Crippen molar-refractivity contribution < 1.29 is 9.47 Å². The van der Waals surface area contributed by atoms with Crippen molar-refractivity contribution in [1.29, 1.82) is 0 Å². The highest BCUT2D eigenvalue weighted by Gasteiger charge is 2.05. The van der Waals surface area contributed by atoms with Gasteiger partial charge in [0.1, 0.15) is 5.75 Å². The van der Waals surface area contributed by atoms with Gasteiger partial charge < -0.3 is 15.2 Å². The van der Waals surface area contributed by atoms with Crippen LogP contribution in [0.4, 0.5) is 0 Å². The standard InChI is InChI=1S/C17H21NO2/c1-19-17-9-5-8-15(11-17)10-16(18)13-20-12-14-6-3-2-4-7-14/h2-9,11,16H,10,12-13,18H2,1H3. The Hall–Kier alpha value is -1.84. The van der Waals surface area contributed by atoms with Crippen molar-refractivity contribution >= 4 is 0 Å². The fourth-order valence-corrected chi connectivity index (χ4v) is 2.06. The molecular formula is C17H21NO2. The number of nitrogens with two attached hydrogens (primary N) is 1. The molecule has 0 heterocycles. The van der Waals surface area contributed by atoms with Gasteiger partial charge in [0.25, 0.3) is 0 Å². The van der Waals surface area contributed by atoms with Crippen molar-refractivity contribution in [2.75, 3.05) is 13.7 Å². The molecule has 2 aromatic carbocycles. The largest absolute Gasteiger partial charge is 0.497 e. The van der Waals surface area contributed by atoms with Crippen molar-refractivity contribution in [3.05, 3.63) is 65.7 Å². The predicted molar refractivity (Wildman–Crippen MR) is 80.8 cm³/mol. The van der Waals surface area contributed by atoms with E-state index in [0.29, 0.717) is 13.2 Å². The minimum atomic E-state index is -0.00850. The van der Waals surface area contributed by atoms with E-state index in [1.165, 1.54) is 11.1 Å². The Bertz CT molecular complexity index is 513. The van der Waals surface area contributed by atoms with Crippen molar-refractivity contribution in [2.24, 2.45) is 5.73 Å². The Morgan fingerprint density at radius 1 is 1.00 bits per heavy atom. The molecule has 0 saturated heterocycles. The highest BCUT2D eigenvalue weighted by atomic mass is 16.5. The molecule has 0 bridgehead atoms. The second-order valence-electron chi connectivity index (χ2n) is 4.82. The summed E-state index contributed by atoms with van der Waals surface area (Å²) < 4.78 is 10.9. The zero-order chi connectivity index (χ0) is 14.2. The highest BCUT2D eigenvalue weighted by Crippen LogP contribution is 2.13. The van der Waals surface area contributed by atoms with Crippen LogP contribution >= 0.6 is 0 Å². The second kappa shape index (κ2) is 7.68. The second-order valence-corrected chi connectivity index (χ2v) is 4.82. The third-order valence-corrected chi connectivity index (χ3v) is 3.08. The molecule has 106 valence electrons. The van der Waals surface area contributed by atoms with Crippen LogP contribution in [-0.2, 0) is 17.8 Å². The summed E-state index contributed by atoms with van der Waals surface area (Å²) in [4.78, 5) is 0. The van der Waals surface area contributed by atoms with E-state index < -0.39 is 0 Å². The lowest BCUT2D eigenvalue weighted by Gasteiger charge is -2.13. The lowest BCUT2D eigenvalue weighted by atomic mass is 10.1. The average Bonchev–Trinajstić information content (AvgIpc) is 2.48. The van der Waals surface area contributed by atoms with Crippen LogP contribution in [0.1, 0.15) is 11.1 Å². The Morgan fingerprint density at radius 2 is 1.75 bits per heavy atom. The predicted octanol–water partition coefficient (Wildman–Crippen LogP) is 2.78. The Kier molecular flexibility index (Phi) is 5.59. The quantitative estimate of drug-likeness (QED) is 0.842. The molecule has 3 nitrogen and oxygen atoms in total. The van der Waals surface area contributed by atoms with E-state index in [9.17, 15) is 0 Å². The monoisotopic (exact) mass is 271 g/mol. The number of benzene rings is 2. The Morgan fingerprint density at radius 3 is 2.50 bits per heavy atom. The van der Waals surface area contributed by atoms with Crippen LogP contribution in [0.15, 0.2) is 54.6 Å². The maximum absolute atomic E-state index is 6.10. The first-order chi connectivity index (χ1) is 9.78. The average molecular weight is 271 g/mol. The topological polar surface area (TPSA) is 44.5 Å². The molecule has 1 atom stereocenters. The number of hydrogen-bond donors (Lipinski definition) is 1. The molecule has 1 unspecified atom stereocenters. The van der Waals surface area contributed by atoms with Gasteiger partial charge in [0, 0.05) is 6.04 Å². The smallest absolute Gasteiger partial charge is 0.119 e. The van der Waals surface area contributed by atoms with Gasteiger partial charge in [-0.3, -0.25) is 0 Å². The normalized spacial score (nSPS) is 12.1. The Labute approximate surface area is 120 Å². The van der Waals surface area contributed by atoms with E-state index in [-0.39, 0.29) is 6.04 Å². The summed E-state index contributed by atoms with van der Waals surface area (Å²) in [6.07, 6.45) is 0.784. The number of methoxy groups -OCH3 is 1. The van der Waals surface area contributed by atoms with Crippen molar-refractivity contribution in [3.8, 4) is 5.75 Å². The first kappa shape index (κ1) is 14.6. The summed E-state index contributed by atoms with van der Waals surface area (Å²) in [5.74, 6) is 0.861. The number of ether oxygens (including phenoxy) is 2. The van der Waals surface area contributed by atoms with Gasteiger partial charge in [-0.15, -0.1) is 0 Å². The van der Waals surface area contributed by atoms with E-state index in [0.717, 1.165) is 12.2 Å². The van der Waals surface area contributed by atoms with Gasteiger partial charge in [-0.1, -0.05) is 42.5 Å². The zero-order valence-corrected chi connectivity index (χ0v) is 11.8. The first-order valence-electron chi connectivity index (χ1n) is 6.78. The van der Waals surface area contributed by atoms with Crippen LogP contribution in [0.5, 0.6) is 5.75 Å². The maximum atomic E-state index is 6.10. The SMILES string of the molecule is COc1cccc(CC(N)COCc2ccccc2)c1. The minimum absolute atomic E-state index is 0.00850. The van der Waals surface area contributed by atoms with Crippen LogP contribution < -0.4 is 10.5 Å². The van der Waals surface area contributed by atoms with Gasteiger partial charge in [0.2, 0.25) is 0 Å². The fraction of sp³-hybridized carbons (Fsp3) is 0.294. The molecule has 0 saturated carbocycles. The number of hydrogen-bond acceptors (Lipinski definition) is 3. The van der Waals surface area contributed by atoms with E-state index in [4.69, 9.17) is 15.2 Å². The van der Waals surface area contributed by atoms with E-state index in [1.54, 1.807) is 7.11 Å². The highest BCUT2D eigenvalue weighted by molar-refractivity contribution is 5.28. The van der Waals surface area contributed by atoms with Gasteiger partial charge in [0.15, 0.2) is 0 Å². The van der Waals surface area contributed by atoms with Gasteiger partial charge in [-0.25, -0.2) is 0 Å². The molecule has 0 amide bonds. The summed E-state index contributed by atoms with van der Waals surface area (Å²) in [5, 5.41) is 0. The molecule has 3 heteroatoms. The third-order valence-electron chi connectivity index (χ3n) is 3.08. The molecule has 2 aromatic rings. The fourth-order valence-electron chi connectivity index (χ4n) is 2.06. The molecule has 0 aliphatic rings. The Balaban J connectivity index is 1.76. The van der Waals surface area contributed by atoms with Crippen LogP contribution in [0.3, 0.4) is 0 Å². The van der Waals surface area contributed by atoms with Crippen LogP contribution in [0, 0.1) is 0 Å². The van der Waals surface area contributed by atoms with Crippen LogP contribution in [0.2, 0.25) is 0 Å². The third kappa shape index (κ3) is 4.68. The molecule has 20 heavy (non-hydrogen) atoms. The molecule has 0 aliphatic carbocycles. The van der Waals surface area contributed by atoms with Crippen molar-refractivity contribution in [1.82, 2.24) is 0 Å². The molecule has 2 rings (SSSR count). The first-order valence-corrected chi connectivity index (χ1v) is 6.78. The van der Waals surface area contributed by atoms with Gasteiger partial charge >= 0.3 is 0 Å². The van der Waals surface area contributed by atoms with E-state index >= 15 is 0 Å². The molecule has 0 aromatic heterocycles. The van der Waals surface area contributed by atoms with E-state index in [1.807, 2.05) is 48.5 Å². The summed E-state index contributed by atoms with van der Waals surface area (Å²) in [7, 11) is 1.67. The van der Waals surface area contributed by atoms with Gasteiger partial charge in [-0.05, 0) is 29.7 Å². The van der Waals surface area contributed by atoms with Crippen molar-refractivity contribution in [2.45, 2.75) is 19.1 Å². The minimum Gasteiger partial charge on any atom is -0.497 e. The lowest BCUT2D eigenvalue weighted by Crippen LogP contribution is -2.28. The lowest BCUT2D eigenvalue weighted by molar-refractivity contribution is 0.108. The summed E-state index contributed by atoms with van der Waals surface area (Å²) >= 11 is 0. The van der Waals surface area contributed by atoms with E-state index in [2.05, 4.69) is 6.07 Å².